The van der Waals surface area contributed by atoms with E-state index in [9.17, 15) is 5.11 Å². The molecule has 0 radical (unpaired) electrons. The van der Waals surface area contributed by atoms with Crippen LogP contribution in [0.2, 0.25) is 0 Å². The van der Waals surface area contributed by atoms with Crippen molar-refractivity contribution < 1.29 is 9.84 Å². The third-order valence-corrected chi connectivity index (χ3v) is 2.95. The number of hydrogen-bond donors (Lipinski definition) is 1. The lowest BCUT2D eigenvalue weighted by atomic mass is 10.1. The van der Waals surface area contributed by atoms with Crippen LogP contribution in [0.4, 0.5) is 0 Å². The second-order valence-electron chi connectivity index (χ2n) is 4.50. The molecule has 0 spiro atoms. The molecule has 0 saturated heterocycles. The predicted octanol–water partition coefficient (Wildman–Crippen LogP) is 3.42. The molecule has 0 amide bonds. The summed E-state index contributed by atoms with van der Waals surface area (Å²) in [7, 11) is 0. The average Bonchev–Trinajstić information content (AvgIpc) is 2.38. The van der Waals surface area contributed by atoms with E-state index in [0.717, 1.165) is 16.9 Å². The van der Waals surface area contributed by atoms with Gasteiger partial charge in [0.2, 0.25) is 0 Å². The van der Waals surface area contributed by atoms with E-state index >= 15 is 0 Å². The van der Waals surface area contributed by atoms with Gasteiger partial charge in [-0.15, -0.1) is 0 Å². The van der Waals surface area contributed by atoms with E-state index < -0.39 is 6.10 Å². The predicted molar refractivity (Wildman–Crippen MR) is 72.8 cm³/mol. The van der Waals surface area contributed by atoms with E-state index in [0.29, 0.717) is 0 Å². The molecule has 2 aromatic carbocycles. The summed E-state index contributed by atoms with van der Waals surface area (Å²) >= 11 is 0. The molecule has 94 valence electrons. The van der Waals surface area contributed by atoms with Crippen molar-refractivity contribution in [2.45, 2.75) is 20.0 Å². The van der Waals surface area contributed by atoms with Crippen molar-refractivity contribution in [1.82, 2.24) is 0 Å². The summed E-state index contributed by atoms with van der Waals surface area (Å²) in [5, 5.41) is 10.0. The zero-order chi connectivity index (χ0) is 13.0. The van der Waals surface area contributed by atoms with Crippen LogP contribution < -0.4 is 4.74 Å². The Kier molecular flexibility index (Phi) is 4.00. The minimum Gasteiger partial charge on any atom is -0.490 e. The molecule has 0 aromatic heterocycles. The maximum Gasteiger partial charge on any atom is 0.122 e. The van der Waals surface area contributed by atoms with E-state index in [1.807, 2.05) is 62.4 Å². The molecular weight excluding hydrogens is 224 g/mol. The number of aliphatic hydroxyl groups excluding tert-OH is 1. The molecule has 1 unspecified atom stereocenters. The van der Waals surface area contributed by atoms with Crippen molar-refractivity contribution >= 4 is 0 Å². The molecule has 0 fully saturated rings. The van der Waals surface area contributed by atoms with Gasteiger partial charge in [-0.2, -0.15) is 0 Å². The largest absolute Gasteiger partial charge is 0.490 e. The number of ether oxygens (including phenoxy) is 1. The Hall–Kier alpha value is -1.80. The van der Waals surface area contributed by atoms with E-state index in [4.69, 9.17) is 4.74 Å². The Bertz CT molecular complexity index is 503. The van der Waals surface area contributed by atoms with Gasteiger partial charge in [0.25, 0.3) is 0 Å². The fourth-order valence-electron chi connectivity index (χ4n) is 1.77. The third kappa shape index (κ3) is 3.11. The van der Waals surface area contributed by atoms with Crippen molar-refractivity contribution in [2.75, 3.05) is 6.61 Å². The average molecular weight is 242 g/mol. The zero-order valence-electron chi connectivity index (χ0n) is 10.8. The van der Waals surface area contributed by atoms with Gasteiger partial charge >= 0.3 is 0 Å². The minimum absolute atomic E-state index is 0.272. The lowest BCUT2D eigenvalue weighted by Crippen LogP contribution is -2.10. The topological polar surface area (TPSA) is 29.5 Å². The van der Waals surface area contributed by atoms with Crippen molar-refractivity contribution in [3.05, 3.63) is 65.2 Å². The van der Waals surface area contributed by atoms with Crippen LogP contribution in [0, 0.1) is 13.8 Å². The second kappa shape index (κ2) is 5.69. The van der Waals surface area contributed by atoms with Gasteiger partial charge in [-0.25, -0.2) is 0 Å². The first-order valence-electron chi connectivity index (χ1n) is 6.10. The van der Waals surface area contributed by atoms with Crippen molar-refractivity contribution in [2.24, 2.45) is 0 Å². The molecule has 2 heteroatoms. The molecule has 18 heavy (non-hydrogen) atoms. The van der Waals surface area contributed by atoms with Gasteiger partial charge in [0, 0.05) is 0 Å². The smallest absolute Gasteiger partial charge is 0.122 e. The normalized spacial score (nSPS) is 12.2. The summed E-state index contributed by atoms with van der Waals surface area (Å²) < 4.78 is 5.63. The Morgan fingerprint density at radius 3 is 2.33 bits per heavy atom. The Labute approximate surface area is 108 Å². The fourth-order valence-corrected chi connectivity index (χ4v) is 1.77. The third-order valence-electron chi connectivity index (χ3n) is 2.95. The highest BCUT2D eigenvalue weighted by Gasteiger charge is 2.08. The highest BCUT2D eigenvalue weighted by atomic mass is 16.5. The van der Waals surface area contributed by atoms with Crippen molar-refractivity contribution in [3.8, 4) is 5.75 Å². The maximum atomic E-state index is 10.0. The first kappa shape index (κ1) is 12.7. The van der Waals surface area contributed by atoms with Crippen LogP contribution in [-0.2, 0) is 0 Å². The fraction of sp³-hybridized carbons (Fsp3) is 0.250. The summed E-state index contributed by atoms with van der Waals surface area (Å²) in [5.41, 5.74) is 3.15. The van der Waals surface area contributed by atoms with Gasteiger partial charge in [-0.1, -0.05) is 48.0 Å². The van der Waals surface area contributed by atoms with Crippen molar-refractivity contribution in [1.29, 1.82) is 0 Å². The molecular formula is C16H18O2. The van der Waals surface area contributed by atoms with Crippen LogP contribution in [0.3, 0.4) is 0 Å². The lowest BCUT2D eigenvalue weighted by Gasteiger charge is -2.14. The molecule has 1 atom stereocenters. The first-order chi connectivity index (χ1) is 8.66. The second-order valence-corrected chi connectivity index (χ2v) is 4.50. The highest BCUT2D eigenvalue weighted by Crippen LogP contribution is 2.19. The summed E-state index contributed by atoms with van der Waals surface area (Å²) in [4.78, 5) is 0. The zero-order valence-corrected chi connectivity index (χ0v) is 10.8. The molecule has 2 nitrogen and oxygen atoms in total. The number of aliphatic hydroxyl groups is 1. The molecule has 1 N–H and O–H groups in total. The monoisotopic (exact) mass is 242 g/mol. The van der Waals surface area contributed by atoms with Gasteiger partial charge in [-0.3, -0.25) is 0 Å². The van der Waals surface area contributed by atoms with Crippen LogP contribution in [-0.4, -0.2) is 11.7 Å². The van der Waals surface area contributed by atoms with Crippen LogP contribution >= 0.6 is 0 Å². The summed E-state index contributed by atoms with van der Waals surface area (Å²) in [6, 6.07) is 15.7. The number of para-hydroxylation sites is 1. The Balaban J connectivity index is 1.98. The lowest BCUT2D eigenvalue weighted by molar-refractivity contribution is 0.108. The minimum atomic E-state index is -0.592. The van der Waals surface area contributed by atoms with Crippen LogP contribution in [0.1, 0.15) is 22.8 Å². The van der Waals surface area contributed by atoms with Gasteiger partial charge in [0.05, 0.1) is 0 Å². The standard InChI is InChI=1S/C16H18O2/c1-12-7-9-14(10-8-12)15(17)11-18-16-6-4-3-5-13(16)2/h3-10,15,17H,11H2,1-2H3. The summed E-state index contributed by atoms with van der Waals surface area (Å²) in [6.07, 6.45) is -0.592. The number of hydrogen-bond acceptors (Lipinski definition) is 2. The van der Waals surface area contributed by atoms with Crippen LogP contribution in [0.5, 0.6) is 5.75 Å². The van der Waals surface area contributed by atoms with E-state index in [2.05, 4.69) is 0 Å². The summed E-state index contributed by atoms with van der Waals surface area (Å²) in [5.74, 6) is 0.823. The molecule has 0 saturated carbocycles. The molecule has 2 rings (SSSR count). The highest BCUT2D eigenvalue weighted by molar-refractivity contribution is 5.32. The molecule has 0 aliphatic carbocycles. The van der Waals surface area contributed by atoms with E-state index in [-0.39, 0.29) is 6.61 Å². The SMILES string of the molecule is Cc1ccc(C(O)COc2ccccc2C)cc1. The van der Waals surface area contributed by atoms with E-state index in [1.54, 1.807) is 0 Å². The van der Waals surface area contributed by atoms with Gasteiger partial charge < -0.3 is 9.84 Å². The molecule has 0 aliphatic heterocycles. The molecule has 0 aliphatic rings. The van der Waals surface area contributed by atoms with Gasteiger partial charge in [-0.05, 0) is 31.0 Å². The number of benzene rings is 2. The maximum absolute atomic E-state index is 10.0. The Morgan fingerprint density at radius 1 is 1.00 bits per heavy atom. The van der Waals surface area contributed by atoms with E-state index in [1.165, 1.54) is 5.56 Å². The first-order valence-corrected chi connectivity index (χ1v) is 6.10. The molecule has 0 bridgehead atoms. The quantitative estimate of drug-likeness (QED) is 0.890. The Morgan fingerprint density at radius 2 is 1.67 bits per heavy atom. The van der Waals surface area contributed by atoms with Crippen LogP contribution in [0.25, 0.3) is 0 Å². The summed E-state index contributed by atoms with van der Waals surface area (Å²) in [6.45, 7) is 4.29. The number of rotatable bonds is 4. The number of aryl methyl sites for hydroxylation is 2. The van der Waals surface area contributed by atoms with Gasteiger partial charge in [0.15, 0.2) is 0 Å². The molecule has 2 aromatic rings. The van der Waals surface area contributed by atoms with Gasteiger partial charge in [0.1, 0.15) is 18.5 Å². The van der Waals surface area contributed by atoms with Crippen LogP contribution in [0.15, 0.2) is 48.5 Å². The molecule has 0 heterocycles. The van der Waals surface area contributed by atoms with Crippen molar-refractivity contribution in [3.63, 3.8) is 0 Å².